The average molecular weight is 462 g/mol. The first-order valence-electron chi connectivity index (χ1n) is 10.6. The predicted octanol–water partition coefficient (Wildman–Crippen LogP) is 2.66. The summed E-state index contributed by atoms with van der Waals surface area (Å²) in [5, 5.41) is 12.5. The quantitative estimate of drug-likeness (QED) is 0.634. The highest BCUT2D eigenvalue weighted by Gasteiger charge is 2.24. The number of amides is 2. The molecule has 0 spiro atoms. The lowest BCUT2D eigenvalue weighted by Gasteiger charge is -2.34. The van der Waals surface area contributed by atoms with E-state index >= 15 is 0 Å². The molecule has 166 valence electrons. The minimum atomic E-state index is 0.0316. The van der Waals surface area contributed by atoms with Gasteiger partial charge in [-0.2, -0.15) is 0 Å². The highest BCUT2D eigenvalue weighted by molar-refractivity contribution is 8.01. The third-order valence-corrected chi connectivity index (χ3v) is 7.73. The van der Waals surface area contributed by atoms with Gasteiger partial charge in [0.25, 0.3) is 5.91 Å². The minimum absolute atomic E-state index is 0.0316. The molecule has 0 atom stereocenters. The molecule has 0 unspecified atom stereocenters. The number of carbonyl (C=O) groups is 2. The van der Waals surface area contributed by atoms with Crippen molar-refractivity contribution in [2.45, 2.75) is 36.1 Å². The van der Waals surface area contributed by atoms with Gasteiger partial charge in [-0.25, -0.2) is 0 Å². The summed E-state index contributed by atoms with van der Waals surface area (Å²) in [5.74, 6) is 1.21. The van der Waals surface area contributed by atoms with Crippen LogP contribution in [0.25, 0.3) is 0 Å². The second kappa shape index (κ2) is 10.3. The van der Waals surface area contributed by atoms with Crippen LogP contribution in [0.3, 0.4) is 0 Å². The van der Waals surface area contributed by atoms with Gasteiger partial charge in [0.05, 0.1) is 12.9 Å². The number of piperazine rings is 1. The van der Waals surface area contributed by atoms with E-state index in [9.17, 15) is 9.59 Å². The summed E-state index contributed by atoms with van der Waals surface area (Å²) in [6, 6.07) is 7.54. The number of nitrogens with zero attached hydrogens (tertiary/aromatic N) is 4. The Morgan fingerprint density at radius 3 is 2.52 bits per heavy atom. The van der Waals surface area contributed by atoms with Crippen LogP contribution in [0.15, 0.2) is 28.6 Å². The van der Waals surface area contributed by atoms with E-state index in [2.05, 4.69) is 20.4 Å². The third-order valence-electron chi connectivity index (χ3n) is 5.62. The summed E-state index contributed by atoms with van der Waals surface area (Å²) in [7, 11) is 1.61. The van der Waals surface area contributed by atoms with E-state index in [1.807, 2.05) is 4.90 Å². The Morgan fingerprint density at radius 2 is 1.84 bits per heavy atom. The van der Waals surface area contributed by atoms with Gasteiger partial charge in [0, 0.05) is 37.8 Å². The molecule has 0 bridgehead atoms. The summed E-state index contributed by atoms with van der Waals surface area (Å²) >= 11 is 2.94. The Morgan fingerprint density at radius 1 is 1.13 bits per heavy atom. The second-order valence-electron chi connectivity index (χ2n) is 7.70. The van der Waals surface area contributed by atoms with Crippen LogP contribution < -0.4 is 15.0 Å². The SMILES string of the molecule is COc1ccc(C(=O)N2CCN(c3nnc(SCC(=O)NC4CCCC4)s3)CC2)cc1. The zero-order chi connectivity index (χ0) is 21.6. The zero-order valence-corrected chi connectivity index (χ0v) is 19.2. The number of benzene rings is 1. The number of carbonyl (C=O) groups excluding carboxylic acids is 2. The summed E-state index contributed by atoms with van der Waals surface area (Å²) in [6.07, 6.45) is 4.59. The Kier molecular flexibility index (Phi) is 7.29. The molecular weight excluding hydrogens is 434 g/mol. The van der Waals surface area contributed by atoms with Crippen molar-refractivity contribution in [1.29, 1.82) is 0 Å². The fourth-order valence-corrected chi connectivity index (χ4v) is 5.58. The van der Waals surface area contributed by atoms with Crippen LogP contribution in [-0.4, -0.2) is 72.0 Å². The number of hydrogen-bond donors (Lipinski definition) is 1. The van der Waals surface area contributed by atoms with Crippen LogP contribution in [0.4, 0.5) is 5.13 Å². The molecule has 2 amide bonds. The standard InChI is InChI=1S/C21H27N5O3S2/c1-29-17-8-6-15(7-9-17)19(28)25-10-12-26(13-11-25)20-23-24-21(31-20)30-14-18(27)22-16-4-2-3-5-16/h6-9,16H,2-5,10-14H2,1H3,(H,22,27). The predicted molar refractivity (Wildman–Crippen MR) is 122 cm³/mol. The van der Waals surface area contributed by atoms with E-state index in [4.69, 9.17) is 4.74 Å². The number of anilines is 1. The maximum absolute atomic E-state index is 12.7. The van der Waals surface area contributed by atoms with E-state index in [-0.39, 0.29) is 11.8 Å². The van der Waals surface area contributed by atoms with Crippen molar-refractivity contribution >= 4 is 40.0 Å². The summed E-state index contributed by atoms with van der Waals surface area (Å²) in [5.41, 5.74) is 0.666. The first-order valence-corrected chi connectivity index (χ1v) is 12.4. The highest BCUT2D eigenvalue weighted by atomic mass is 32.2. The average Bonchev–Trinajstić information content (AvgIpc) is 3.50. The molecule has 1 saturated heterocycles. The van der Waals surface area contributed by atoms with Crippen LogP contribution in [-0.2, 0) is 4.79 Å². The van der Waals surface area contributed by atoms with Crippen LogP contribution in [0.1, 0.15) is 36.0 Å². The van der Waals surface area contributed by atoms with Gasteiger partial charge in [-0.3, -0.25) is 9.59 Å². The Hall–Kier alpha value is -2.33. The summed E-state index contributed by atoms with van der Waals surface area (Å²) in [4.78, 5) is 28.8. The molecule has 0 radical (unpaired) electrons. The molecule has 2 heterocycles. The van der Waals surface area contributed by atoms with Gasteiger partial charge in [-0.05, 0) is 37.1 Å². The lowest BCUT2D eigenvalue weighted by atomic mass is 10.1. The Labute approximate surface area is 190 Å². The smallest absolute Gasteiger partial charge is 0.253 e. The molecule has 8 nitrogen and oxygen atoms in total. The van der Waals surface area contributed by atoms with Crippen molar-refractivity contribution in [1.82, 2.24) is 20.4 Å². The van der Waals surface area contributed by atoms with Gasteiger partial charge in [-0.15, -0.1) is 10.2 Å². The fourth-order valence-electron chi connectivity index (χ4n) is 3.87. The van der Waals surface area contributed by atoms with Crippen molar-refractivity contribution in [3.8, 4) is 5.75 Å². The molecular formula is C21H27N5O3S2. The summed E-state index contributed by atoms with van der Waals surface area (Å²) in [6.45, 7) is 2.69. The van der Waals surface area contributed by atoms with Crippen LogP contribution in [0.5, 0.6) is 5.75 Å². The Bertz CT molecular complexity index is 891. The van der Waals surface area contributed by atoms with E-state index in [0.29, 0.717) is 43.5 Å². The number of nitrogens with one attached hydrogen (secondary N) is 1. The van der Waals surface area contributed by atoms with E-state index in [1.54, 1.807) is 31.4 Å². The van der Waals surface area contributed by atoms with Crippen LogP contribution in [0, 0.1) is 0 Å². The van der Waals surface area contributed by atoms with Gasteiger partial charge >= 0.3 is 0 Å². The van der Waals surface area contributed by atoms with Crippen molar-refractivity contribution < 1.29 is 14.3 Å². The minimum Gasteiger partial charge on any atom is -0.497 e. The normalized spacial score (nSPS) is 17.1. The third kappa shape index (κ3) is 5.68. The van der Waals surface area contributed by atoms with Crippen LogP contribution >= 0.6 is 23.1 Å². The van der Waals surface area contributed by atoms with E-state index in [1.165, 1.54) is 35.9 Å². The Balaban J connectivity index is 1.24. The van der Waals surface area contributed by atoms with E-state index < -0.39 is 0 Å². The monoisotopic (exact) mass is 461 g/mol. The van der Waals surface area contributed by atoms with Gasteiger partial charge in [0.15, 0.2) is 4.34 Å². The van der Waals surface area contributed by atoms with Gasteiger partial charge in [0.2, 0.25) is 11.0 Å². The lowest BCUT2D eigenvalue weighted by Crippen LogP contribution is -2.48. The van der Waals surface area contributed by atoms with Gasteiger partial charge in [-0.1, -0.05) is 35.9 Å². The van der Waals surface area contributed by atoms with Gasteiger partial charge < -0.3 is 19.9 Å². The molecule has 1 aromatic heterocycles. The highest BCUT2D eigenvalue weighted by Crippen LogP contribution is 2.29. The number of rotatable bonds is 7. The number of hydrogen-bond acceptors (Lipinski definition) is 8. The molecule has 31 heavy (non-hydrogen) atoms. The summed E-state index contributed by atoms with van der Waals surface area (Å²) < 4.78 is 5.95. The van der Waals surface area contributed by atoms with Crippen molar-refractivity contribution in [3.05, 3.63) is 29.8 Å². The van der Waals surface area contributed by atoms with Crippen LogP contribution in [0.2, 0.25) is 0 Å². The molecule has 2 aliphatic rings. The molecule has 2 aromatic rings. The maximum Gasteiger partial charge on any atom is 0.253 e. The molecule has 10 heteroatoms. The van der Waals surface area contributed by atoms with Crippen molar-refractivity contribution in [3.63, 3.8) is 0 Å². The maximum atomic E-state index is 12.7. The molecule has 1 aromatic carbocycles. The first-order chi connectivity index (χ1) is 15.1. The molecule has 1 aliphatic carbocycles. The van der Waals surface area contributed by atoms with E-state index in [0.717, 1.165) is 28.1 Å². The molecule has 4 rings (SSSR count). The first kappa shape index (κ1) is 21.9. The van der Waals surface area contributed by atoms with Crippen molar-refractivity contribution in [2.75, 3.05) is 43.9 Å². The number of thioether (sulfide) groups is 1. The largest absolute Gasteiger partial charge is 0.497 e. The number of aromatic nitrogens is 2. The fraction of sp³-hybridized carbons (Fsp3) is 0.524. The zero-order valence-electron chi connectivity index (χ0n) is 17.6. The molecule has 1 aliphatic heterocycles. The van der Waals surface area contributed by atoms with Crippen molar-refractivity contribution in [2.24, 2.45) is 0 Å². The van der Waals surface area contributed by atoms with Gasteiger partial charge in [0.1, 0.15) is 5.75 Å². The number of ether oxygens (including phenoxy) is 1. The topological polar surface area (TPSA) is 87.7 Å². The molecule has 2 fully saturated rings. The lowest BCUT2D eigenvalue weighted by molar-refractivity contribution is -0.119. The number of methoxy groups -OCH3 is 1. The molecule has 1 saturated carbocycles. The molecule has 1 N–H and O–H groups in total. The second-order valence-corrected chi connectivity index (χ2v) is 9.87.